The molecule has 0 amide bonds. The second kappa shape index (κ2) is 6.59. The summed E-state index contributed by atoms with van der Waals surface area (Å²) >= 11 is 0. The molecule has 0 bridgehead atoms. The molecule has 0 radical (unpaired) electrons. The largest absolute Gasteiger partial charge is 0.498 e. The van der Waals surface area contributed by atoms with Crippen molar-refractivity contribution < 1.29 is 28.0 Å². The number of halogens is 1. The van der Waals surface area contributed by atoms with Crippen LogP contribution in [-0.2, 0) is 14.0 Å². The molecule has 0 N–H and O–H groups in total. The van der Waals surface area contributed by atoms with Crippen molar-refractivity contribution in [2.24, 2.45) is 0 Å². The van der Waals surface area contributed by atoms with E-state index in [2.05, 4.69) is 0 Å². The summed E-state index contributed by atoms with van der Waals surface area (Å²) in [6.07, 6.45) is 0.441. The number of carbonyl (C=O) groups is 1. The fourth-order valence-electron chi connectivity index (χ4n) is 2.16. The normalized spacial score (nSPS) is 19.0. The van der Waals surface area contributed by atoms with E-state index in [1.807, 2.05) is 27.7 Å². The molecule has 1 fully saturated rings. The summed E-state index contributed by atoms with van der Waals surface area (Å²) in [5.41, 5.74) is -0.813. The Balaban J connectivity index is 2.38. The minimum atomic E-state index is -0.785. The van der Waals surface area contributed by atoms with Gasteiger partial charge >= 0.3 is 7.12 Å². The highest BCUT2D eigenvalue weighted by Gasteiger charge is 2.52. The molecular weight excluding hydrogens is 302 g/mol. The first-order chi connectivity index (χ1) is 10.7. The Morgan fingerprint density at radius 1 is 1.22 bits per heavy atom. The average Bonchev–Trinajstić information content (AvgIpc) is 2.69. The van der Waals surface area contributed by atoms with E-state index in [4.69, 9.17) is 18.8 Å². The lowest BCUT2D eigenvalue weighted by atomic mass is 9.77. The third-order valence-electron chi connectivity index (χ3n) is 4.28. The van der Waals surface area contributed by atoms with Crippen molar-refractivity contribution in [3.8, 4) is 5.75 Å². The van der Waals surface area contributed by atoms with Crippen LogP contribution in [0.3, 0.4) is 0 Å². The van der Waals surface area contributed by atoms with Gasteiger partial charge in [-0.2, -0.15) is 0 Å². The molecule has 1 aliphatic rings. The first-order valence-electron chi connectivity index (χ1n) is 7.57. The Labute approximate surface area is 136 Å². The maximum absolute atomic E-state index is 14.5. The van der Waals surface area contributed by atoms with Gasteiger partial charge in [-0.25, -0.2) is 4.39 Å². The molecular formula is C16H22BFO5. The monoisotopic (exact) mass is 324 g/mol. The van der Waals surface area contributed by atoms with Gasteiger partial charge in [-0.05, 0) is 40.7 Å². The molecule has 1 heterocycles. The smallest absolute Gasteiger partial charge is 0.465 e. The molecule has 0 aromatic heterocycles. The van der Waals surface area contributed by atoms with E-state index in [1.54, 1.807) is 13.0 Å². The fraction of sp³-hybridized carbons (Fsp3) is 0.562. The van der Waals surface area contributed by atoms with Crippen LogP contribution in [0.5, 0.6) is 5.75 Å². The van der Waals surface area contributed by atoms with E-state index in [0.717, 1.165) is 0 Å². The highest BCUT2D eigenvalue weighted by Crippen LogP contribution is 2.37. The maximum atomic E-state index is 14.5. The Bertz CT molecular complexity index is 572. The average molecular weight is 324 g/mol. The molecule has 1 aromatic carbocycles. The number of aldehydes is 1. The van der Waals surface area contributed by atoms with E-state index in [9.17, 15) is 9.18 Å². The quantitative estimate of drug-likeness (QED) is 0.348. The molecule has 0 unspecified atom stereocenters. The molecule has 1 aliphatic heterocycles. The summed E-state index contributed by atoms with van der Waals surface area (Å²) in [4.78, 5) is 11.0. The molecule has 0 aliphatic carbocycles. The van der Waals surface area contributed by atoms with Gasteiger partial charge in [0.1, 0.15) is 0 Å². The van der Waals surface area contributed by atoms with Crippen LogP contribution >= 0.6 is 0 Å². The molecule has 0 spiro atoms. The minimum absolute atomic E-state index is 0.0819. The second-order valence-corrected chi connectivity index (χ2v) is 6.35. The lowest BCUT2D eigenvalue weighted by Crippen LogP contribution is -2.41. The van der Waals surface area contributed by atoms with Gasteiger partial charge < -0.3 is 18.8 Å². The topological polar surface area (TPSA) is 54.0 Å². The van der Waals surface area contributed by atoms with Crippen LogP contribution in [0, 0.1) is 5.82 Å². The van der Waals surface area contributed by atoms with E-state index < -0.39 is 24.1 Å². The third-order valence-corrected chi connectivity index (χ3v) is 4.28. The van der Waals surface area contributed by atoms with Crippen LogP contribution in [-0.4, -0.2) is 38.0 Å². The highest BCUT2D eigenvalue weighted by molar-refractivity contribution is 6.63. The summed E-state index contributed by atoms with van der Waals surface area (Å²) in [6, 6.07) is 2.96. The van der Waals surface area contributed by atoms with Crippen molar-refractivity contribution in [3.63, 3.8) is 0 Å². The van der Waals surface area contributed by atoms with E-state index >= 15 is 0 Å². The SMILES string of the molecule is CCOCOc1c(B2OC(C)(C)C(C)(C)O2)ccc(C=O)c1F. The van der Waals surface area contributed by atoms with Crippen LogP contribution in [0.1, 0.15) is 45.0 Å². The molecule has 0 atom stereocenters. The molecule has 5 nitrogen and oxygen atoms in total. The zero-order valence-corrected chi connectivity index (χ0v) is 14.1. The number of benzene rings is 1. The van der Waals surface area contributed by atoms with Gasteiger partial charge in [0.05, 0.1) is 16.8 Å². The molecule has 0 saturated carbocycles. The Morgan fingerprint density at radius 3 is 2.35 bits per heavy atom. The van der Waals surface area contributed by atoms with Crippen molar-refractivity contribution in [3.05, 3.63) is 23.5 Å². The minimum Gasteiger partial charge on any atom is -0.465 e. The summed E-state index contributed by atoms with van der Waals surface area (Å²) in [5.74, 6) is -0.825. The predicted octanol–water partition coefficient (Wildman–Crippen LogP) is 2.31. The van der Waals surface area contributed by atoms with Crippen LogP contribution in [0.4, 0.5) is 4.39 Å². The van der Waals surface area contributed by atoms with Crippen molar-refractivity contribution >= 4 is 18.9 Å². The van der Waals surface area contributed by atoms with Gasteiger partial charge in [0.2, 0.25) is 0 Å². The van der Waals surface area contributed by atoms with Crippen molar-refractivity contribution in [1.82, 2.24) is 0 Å². The number of hydrogen-bond donors (Lipinski definition) is 0. The van der Waals surface area contributed by atoms with Crippen LogP contribution in [0.25, 0.3) is 0 Å². The van der Waals surface area contributed by atoms with Gasteiger partial charge in [-0.15, -0.1) is 0 Å². The molecule has 7 heteroatoms. The van der Waals surface area contributed by atoms with Crippen LogP contribution in [0.15, 0.2) is 12.1 Å². The number of rotatable bonds is 6. The summed E-state index contributed by atoms with van der Waals surface area (Å²) < 4.78 is 36.8. The van der Waals surface area contributed by atoms with E-state index in [1.165, 1.54) is 6.07 Å². The predicted molar refractivity (Wildman–Crippen MR) is 84.6 cm³/mol. The van der Waals surface area contributed by atoms with E-state index in [-0.39, 0.29) is 18.1 Å². The zero-order chi connectivity index (χ0) is 17.3. The highest BCUT2D eigenvalue weighted by atomic mass is 19.1. The summed E-state index contributed by atoms with van der Waals surface area (Å²) in [5, 5.41) is 0. The second-order valence-electron chi connectivity index (χ2n) is 6.35. The standard InChI is InChI=1S/C16H22BFO5/c1-6-20-10-21-14-12(8-7-11(9-19)13(14)18)17-22-15(2,3)16(4,5)23-17/h7-9H,6,10H2,1-5H3. The van der Waals surface area contributed by atoms with Gasteiger partial charge in [0, 0.05) is 12.1 Å². The van der Waals surface area contributed by atoms with Gasteiger partial charge in [0.25, 0.3) is 0 Å². The number of ether oxygens (including phenoxy) is 2. The lowest BCUT2D eigenvalue weighted by molar-refractivity contribution is 0.00578. The molecule has 23 heavy (non-hydrogen) atoms. The van der Waals surface area contributed by atoms with Gasteiger partial charge in [0.15, 0.2) is 24.6 Å². The Morgan fingerprint density at radius 2 is 1.83 bits per heavy atom. The van der Waals surface area contributed by atoms with Crippen molar-refractivity contribution in [1.29, 1.82) is 0 Å². The van der Waals surface area contributed by atoms with Crippen molar-refractivity contribution in [2.75, 3.05) is 13.4 Å². The first kappa shape index (κ1) is 17.9. The van der Waals surface area contributed by atoms with Crippen LogP contribution < -0.4 is 10.2 Å². The number of hydrogen-bond acceptors (Lipinski definition) is 5. The fourth-order valence-corrected chi connectivity index (χ4v) is 2.16. The van der Waals surface area contributed by atoms with Crippen LogP contribution in [0.2, 0.25) is 0 Å². The van der Waals surface area contributed by atoms with Gasteiger partial charge in [-0.3, -0.25) is 4.79 Å². The molecule has 126 valence electrons. The lowest BCUT2D eigenvalue weighted by Gasteiger charge is -2.32. The molecule has 1 aromatic rings. The summed E-state index contributed by atoms with van der Waals surface area (Å²) in [6.45, 7) is 9.74. The van der Waals surface area contributed by atoms with E-state index in [0.29, 0.717) is 18.4 Å². The maximum Gasteiger partial charge on any atom is 0.498 e. The molecule has 2 rings (SSSR count). The Kier molecular flexibility index (Phi) is 5.13. The van der Waals surface area contributed by atoms with Gasteiger partial charge in [-0.1, -0.05) is 6.07 Å². The molecule has 1 saturated heterocycles. The van der Waals surface area contributed by atoms with Crippen molar-refractivity contribution in [2.45, 2.75) is 45.8 Å². The zero-order valence-electron chi connectivity index (χ0n) is 14.1. The third kappa shape index (κ3) is 3.41. The Hall–Kier alpha value is -1.44. The summed E-state index contributed by atoms with van der Waals surface area (Å²) in [7, 11) is -0.785. The first-order valence-corrected chi connectivity index (χ1v) is 7.57. The number of carbonyl (C=O) groups excluding carboxylic acids is 1.